The highest BCUT2D eigenvalue weighted by Crippen LogP contribution is 2.26. The topological polar surface area (TPSA) is 43.4 Å². The summed E-state index contributed by atoms with van der Waals surface area (Å²) in [5, 5.41) is 0. The maximum atomic E-state index is 11.3. The summed E-state index contributed by atoms with van der Waals surface area (Å²) in [6.07, 6.45) is 1.18. The van der Waals surface area contributed by atoms with Crippen LogP contribution in [0, 0.1) is 6.92 Å². The molecule has 2 rings (SSSR count). The molecule has 0 amide bonds. The number of hydrogen-bond donors (Lipinski definition) is 0. The molecule has 19 heavy (non-hydrogen) atoms. The van der Waals surface area contributed by atoms with E-state index in [2.05, 4.69) is 15.9 Å². The number of aryl methyl sites for hydroxylation is 1. The molecule has 0 saturated carbocycles. The fourth-order valence-electron chi connectivity index (χ4n) is 1.65. The summed E-state index contributed by atoms with van der Waals surface area (Å²) >= 11 is 3.40. The van der Waals surface area contributed by atoms with Crippen LogP contribution in [0.4, 0.5) is 0 Å². The van der Waals surface area contributed by atoms with Crippen LogP contribution in [0.25, 0.3) is 0 Å². The lowest BCUT2D eigenvalue weighted by atomic mass is 10.2. The maximum absolute atomic E-state index is 11.3. The fourth-order valence-corrected chi connectivity index (χ4v) is 2.87. The van der Waals surface area contributed by atoms with Crippen molar-refractivity contribution >= 4 is 25.8 Å². The van der Waals surface area contributed by atoms with E-state index < -0.39 is 9.84 Å². The van der Waals surface area contributed by atoms with Gasteiger partial charge in [0.15, 0.2) is 9.84 Å². The second-order valence-electron chi connectivity index (χ2n) is 4.31. The van der Waals surface area contributed by atoms with Crippen LogP contribution < -0.4 is 4.74 Å². The van der Waals surface area contributed by atoms with Gasteiger partial charge in [0.05, 0.1) is 4.90 Å². The van der Waals surface area contributed by atoms with Crippen molar-refractivity contribution in [2.24, 2.45) is 0 Å². The van der Waals surface area contributed by atoms with Gasteiger partial charge in [-0.3, -0.25) is 0 Å². The average molecular weight is 341 g/mol. The normalized spacial score (nSPS) is 11.3. The van der Waals surface area contributed by atoms with Gasteiger partial charge >= 0.3 is 0 Å². The molecule has 0 bridgehead atoms. The number of sulfone groups is 1. The minimum absolute atomic E-state index is 0.283. The van der Waals surface area contributed by atoms with Gasteiger partial charge in [0.1, 0.15) is 11.5 Å². The summed E-state index contributed by atoms with van der Waals surface area (Å²) in [6, 6.07) is 12.1. The summed E-state index contributed by atoms with van der Waals surface area (Å²) in [7, 11) is -3.17. The van der Waals surface area contributed by atoms with Crippen molar-refractivity contribution in [1.82, 2.24) is 0 Å². The van der Waals surface area contributed by atoms with Crippen LogP contribution >= 0.6 is 15.9 Å². The molecule has 0 N–H and O–H groups in total. The van der Waals surface area contributed by atoms with E-state index >= 15 is 0 Å². The summed E-state index contributed by atoms with van der Waals surface area (Å²) in [4.78, 5) is 0.283. The highest BCUT2D eigenvalue weighted by molar-refractivity contribution is 9.10. The van der Waals surface area contributed by atoms with E-state index in [9.17, 15) is 8.42 Å². The number of ether oxygens (including phenoxy) is 1. The molecule has 0 aliphatic heterocycles. The van der Waals surface area contributed by atoms with Crippen molar-refractivity contribution in [2.75, 3.05) is 6.26 Å². The molecule has 0 atom stereocenters. The van der Waals surface area contributed by atoms with Crippen molar-refractivity contribution in [3.63, 3.8) is 0 Å². The smallest absolute Gasteiger partial charge is 0.175 e. The molecule has 0 radical (unpaired) electrons. The molecule has 0 saturated heterocycles. The first-order valence-electron chi connectivity index (χ1n) is 5.60. The van der Waals surface area contributed by atoms with Crippen LogP contribution in [0.2, 0.25) is 0 Å². The maximum Gasteiger partial charge on any atom is 0.175 e. The number of hydrogen-bond acceptors (Lipinski definition) is 3. The molecular formula is C14H13BrO3S. The third-order valence-electron chi connectivity index (χ3n) is 2.50. The average Bonchev–Trinajstić information content (AvgIpc) is 2.26. The zero-order chi connectivity index (χ0) is 14.0. The Bertz CT molecular complexity index is 671. The van der Waals surface area contributed by atoms with Crippen LogP contribution in [-0.2, 0) is 9.84 Å². The number of rotatable bonds is 3. The molecule has 2 aromatic rings. The quantitative estimate of drug-likeness (QED) is 0.849. The third kappa shape index (κ3) is 3.81. The molecule has 0 spiro atoms. The Hall–Kier alpha value is -1.33. The zero-order valence-electron chi connectivity index (χ0n) is 10.6. The minimum Gasteiger partial charge on any atom is -0.457 e. The second kappa shape index (κ2) is 5.35. The van der Waals surface area contributed by atoms with Gasteiger partial charge in [-0.15, -0.1) is 0 Å². The molecule has 0 unspecified atom stereocenters. The van der Waals surface area contributed by atoms with Crippen LogP contribution in [0.15, 0.2) is 51.8 Å². The van der Waals surface area contributed by atoms with E-state index in [4.69, 9.17) is 4.74 Å². The highest BCUT2D eigenvalue weighted by atomic mass is 79.9. The SMILES string of the molecule is Cc1cc(Br)cc(Oc2ccc(S(C)(=O)=O)cc2)c1. The van der Waals surface area contributed by atoms with E-state index in [0.29, 0.717) is 11.5 Å². The molecule has 5 heteroatoms. The van der Waals surface area contributed by atoms with E-state index in [1.807, 2.05) is 25.1 Å². The molecule has 0 aliphatic rings. The van der Waals surface area contributed by atoms with Gasteiger partial charge in [0.25, 0.3) is 0 Å². The first-order chi connectivity index (χ1) is 8.84. The van der Waals surface area contributed by atoms with Crippen molar-refractivity contribution in [3.05, 3.63) is 52.5 Å². The van der Waals surface area contributed by atoms with Crippen LogP contribution in [-0.4, -0.2) is 14.7 Å². The summed E-state index contributed by atoms with van der Waals surface area (Å²) < 4.78 is 29.3. The van der Waals surface area contributed by atoms with E-state index in [0.717, 1.165) is 10.0 Å². The molecule has 0 fully saturated rings. The van der Waals surface area contributed by atoms with Gasteiger partial charge in [-0.2, -0.15) is 0 Å². The van der Waals surface area contributed by atoms with Crippen molar-refractivity contribution in [2.45, 2.75) is 11.8 Å². The van der Waals surface area contributed by atoms with Gasteiger partial charge in [-0.1, -0.05) is 15.9 Å². The molecular weight excluding hydrogens is 328 g/mol. The molecule has 0 heterocycles. The predicted molar refractivity (Wildman–Crippen MR) is 78.5 cm³/mol. The molecule has 0 aliphatic carbocycles. The van der Waals surface area contributed by atoms with Gasteiger partial charge < -0.3 is 4.74 Å². The molecule has 2 aromatic carbocycles. The lowest BCUT2D eigenvalue weighted by Gasteiger charge is -2.08. The Balaban J connectivity index is 2.24. The van der Waals surface area contributed by atoms with Crippen molar-refractivity contribution in [3.8, 4) is 11.5 Å². The minimum atomic E-state index is -3.17. The number of benzene rings is 2. The molecule has 3 nitrogen and oxygen atoms in total. The van der Waals surface area contributed by atoms with Gasteiger partial charge in [0, 0.05) is 10.7 Å². The number of halogens is 1. The van der Waals surface area contributed by atoms with Gasteiger partial charge in [0.2, 0.25) is 0 Å². The summed E-state index contributed by atoms with van der Waals surface area (Å²) in [5.74, 6) is 1.31. The largest absolute Gasteiger partial charge is 0.457 e. The molecule has 0 aromatic heterocycles. The Morgan fingerprint density at radius 3 is 2.16 bits per heavy atom. The Morgan fingerprint density at radius 2 is 1.63 bits per heavy atom. The van der Waals surface area contributed by atoms with Crippen LogP contribution in [0.1, 0.15) is 5.56 Å². The summed E-state index contributed by atoms with van der Waals surface area (Å²) in [6.45, 7) is 1.98. The molecule has 100 valence electrons. The first kappa shape index (κ1) is 14.1. The van der Waals surface area contributed by atoms with Crippen molar-refractivity contribution < 1.29 is 13.2 Å². The van der Waals surface area contributed by atoms with E-state index in [1.165, 1.54) is 18.4 Å². The first-order valence-corrected chi connectivity index (χ1v) is 8.28. The van der Waals surface area contributed by atoms with E-state index in [1.54, 1.807) is 12.1 Å². The predicted octanol–water partition coefficient (Wildman–Crippen LogP) is 3.95. The lowest BCUT2D eigenvalue weighted by Crippen LogP contribution is -1.96. The Labute approximate surface area is 121 Å². The van der Waals surface area contributed by atoms with E-state index in [-0.39, 0.29) is 4.90 Å². The summed E-state index contributed by atoms with van der Waals surface area (Å²) in [5.41, 5.74) is 1.08. The second-order valence-corrected chi connectivity index (χ2v) is 7.24. The fraction of sp³-hybridized carbons (Fsp3) is 0.143. The van der Waals surface area contributed by atoms with Gasteiger partial charge in [-0.25, -0.2) is 8.42 Å². The van der Waals surface area contributed by atoms with Crippen LogP contribution in [0.5, 0.6) is 11.5 Å². The van der Waals surface area contributed by atoms with Gasteiger partial charge in [-0.05, 0) is 55.0 Å². The third-order valence-corrected chi connectivity index (χ3v) is 4.09. The Kier molecular flexibility index (Phi) is 3.96. The monoisotopic (exact) mass is 340 g/mol. The van der Waals surface area contributed by atoms with Crippen molar-refractivity contribution in [1.29, 1.82) is 0 Å². The Morgan fingerprint density at radius 1 is 1.00 bits per heavy atom. The standard InChI is InChI=1S/C14H13BrO3S/c1-10-7-11(15)9-13(8-10)18-12-3-5-14(6-4-12)19(2,16)17/h3-9H,1-2H3. The zero-order valence-corrected chi connectivity index (χ0v) is 13.0. The van der Waals surface area contributed by atoms with Crippen LogP contribution in [0.3, 0.4) is 0 Å². The highest BCUT2D eigenvalue weighted by Gasteiger charge is 2.07. The lowest BCUT2D eigenvalue weighted by molar-refractivity contribution is 0.481.